The third kappa shape index (κ3) is 7.71. The maximum Gasteiger partial charge on any atom is 0.0608 e. The van der Waals surface area contributed by atoms with Crippen molar-refractivity contribution in [2.45, 2.75) is 45.2 Å². The molecule has 0 rings (SSSR count). The lowest BCUT2D eigenvalue weighted by molar-refractivity contribution is 0.161. The maximum absolute atomic E-state index is 9.10. The van der Waals surface area contributed by atoms with Gasteiger partial charge < -0.3 is 15.7 Å². The van der Waals surface area contributed by atoms with Crippen molar-refractivity contribution in [3.63, 3.8) is 0 Å². The van der Waals surface area contributed by atoms with Gasteiger partial charge in [-0.25, -0.2) is 0 Å². The highest BCUT2D eigenvalue weighted by Crippen LogP contribution is 2.10. The van der Waals surface area contributed by atoms with Crippen molar-refractivity contribution in [1.29, 1.82) is 0 Å². The minimum atomic E-state index is -0.426. The minimum Gasteiger partial charge on any atom is -0.394 e. The summed E-state index contributed by atoms with van der Waals surface area (Å²) in [6.07, 6.45) is 1.91. The summed E-state index contributed by atoms with van der Waals surface area (Å²) in [5, 5.41) is 9.10. The van der Waals surface area contributed by atoms with E-state index in [1.54, 1.807) is 0 Å². The fraction of sp³-hybridized carbons (Fsp3) is 1.00. The normalized spacial score (nSPS) is 17.5. The second-order valence-corrected chi connectivity index (χ2v) is 5.66. The Hall–Kier alpha value is -0.160. The zero-order valence-corrected chi connectivity index (χ0v) is 12.2. The van der Waals surface area contributed by atoms with E-state index in [1.165, 1.54) is 0 Å². The molecule has 0 aliphatic carbocycles. The summed E-state index contributed by atoms with van der Waals surface area (Å²) in [6, 6.07) is 0.563. The van der Waals surface area contributed by atoms with Gasteiger partial charge in [-0.2, -0.15) is 0 Å². The van der Waals surface area contributed by atoms with Gasteiger partial charge in [0.25, 0.3) is 0 Å². The van der Waals surface area contributed by atoms with Gasteiger partial charge in [0.05, 0.1) is 6.61 Å². The molecule has 4 heteroatoms. The van der Waals surface area contributed by atoms with Crippen molar-refractivity contribution in [1.82, 2.24) is 9.80 Å². The van der Waals surface area contributed by atoms with E-state index in [1.807, 2.05) is 6.92 Å². The number of hydrogen-bond acceptors (Lipinski definition) is 4. The first-order chi connectivity index (χ1) is 7.82. The molecule has 4 nitrogen and oxygen atoms in total. The summed E-state index contributed by atoms with van der Waals surface area (Å²) in [4.78, 5) is 4.68. The zero-order chi connectivity index (χ0) is 13.5. The van der Waals surface area contributed by atoms with Crippen LogP contribution in [0.5, 0.6) is 0 Å². The first-order valence-corrected chi connectivity index (χ1v) is 6.61. The van der Waals surface area contributed by atoms with Crippen LogP contribution in [0.4, 0.5) is 0 Å². The Labute approximate surface area is 107 Å². The molecule has 0 aromatic heterocycles. The van der Waals surface area contributed by atoms with Crippen LogP contribution in [0, 0.1) is 0 Å². The number of likely N-dealkylation sites (N-methyl/N-ethyl adjacent to an activating group) is 2. The van der Waals surface area contributed by atoms with Crippen LogP contribution in [-0.4, -0.2) is 66.8 Å². The molecule has 0 spiro atoms. The van der Waals surface area contributed by atoms with E-state index in [2.05, 4.69) is 37.7 Å². The van der Waals surface area contributed by atoms with E-state index < -0.39 is 5.54 Å². The molecule has 2 atom stereocenters. The van der Waals surface area contributed by atoms with Crippen molar-refractivity contribution in [3.8, 4) is 0 Å². The van der Waals surface area contributed by atoms with Crippen LogP contribution in [0.25, 0.3) is 0 Å². The highest BCUT2D eigenvalue weighted by atomic mass is 16.3. The average molecular weight is 245 g/mol. The van der Waals surface area contributed by atoms with Crippen LogP contribution in [0.1, 0.15) is 33.6 Å². The number of rotatable bonds is 9. The topological polar surface area (TPSA) is 52.7 Å². The van der Waals surface area contributed by atoms with Gasteiger partial charge in [0.2, 0.25) is 0 Å². The standard InChI is InChI=1S/C13H31N3O/c1-6-16(12(2)10-15(4)5)9-7-8-13(3,14)11-17/h12,17H,6-11,14H2,1-5H3. The Morgan fingerprint density at radius 1 is 1.35 bits per heavy atom. The second-order valence-electron chi connectivity index (χ2n) is 5.66. The zero-order valence-electron chi connectivity index (χ0n) is 12.2. The van der Waals surface area contributed by atoms with Gasteiger partial charge in [0.1, 0.15) is 0 Å². The molecule has 104 valence electrons. The third-order valence-corrected chi connectivity index (χ3v) is 3.21. The minimum absolute atomic E-state index is 0.0619. The predicted molar refractivity (Wildman–Crippen MR) is 74.2 cm³/mol. The molecular formula is C13H31N3O. The SMILES string of the molecule is CCN(CCCC(C)(N)CO)C(C)CN(C)C. The predicted octanol–water partition coefficient (Wildman–Crippen LogP) is 0.748. The summed E-state index contributed by atoms with van der Waals surface area (Å²) >= 11 is 0. The molecule has 0 saturated heterocycles. The van der Waals surface area contributed by atoms with E-state index in [0.29, 0.717) is 6.04 Å². The van der Waals surface area contributed by atoms with Gasteiger partial charge in [-0.05, 0) is 53.9 Å². The van der Waals surface area contributed by atoms with Gasteiger partial charge in [0.15, 0.2) is 0 Å². The highest BCUT2D eigenvalue weighted by Gasteiger charge is 2.18. The second kappa shape index (κ2) is 8.03. The molecule has 0 fully saturated rings. The van der Waals surface area contributed by atoms with Crippen molar-refractivity contribution < 1.29 is 5.11 Å². The van der Waals surface area contributed by atoms with Crippen molar-refractivity contribution in [2.24, 2.45) is 5.73 Å². The molecule has 0 saturated carbocycles. The number of hydrogen-bond donors (Lipinski definition) is 2. The van der Waals surface area contributed by atoms with E-state index in [-0.39, 0.29) is 6.61 Å². The van der Waals surface area contributed by atoms with Crippen LogP contribution < -0.4 is 5.73 Å². The molecule has 0 amide bonds. The summed E-state index contributed by atoms with van der Waals surface area (Å²) in [7, 11) is 4.21. The lowest BCUT2D eigenvalue weighted by atomic mass is 9.98. The van der Waals surface area contributed by atoms with E-state index in [9.17, 15) is 0 Å². The third-order valence-electron chi connectivity index (χ3n) is 3.21. The Balaban J connectivity index is 3.97. The molecule has 0 aliphatic rings. The molecule has 0 aromatic rings. The average Bonchev–Trinajstić information content (AvgIpc) is 2.23. The number of nitrogens with two attached hydrogens (primary N) is 1. The Bertz CT molecular complexity index is 195. The van der Waals surface area contributed by atoms with E-state index in [4.69, 9.17) is 10.8 Å². The Kier molecular flexibility index (Phi) is 7.96. The number of aliphatic hydroxyl groups is 1. The molecule has 3 N–H and O–H groups in total. The van der Waals surface area contributed by atoms with E-state index in [0.717, 1.165) is 32.5 Å². The van der Waals surface area contributed by atoms with Crippen LogP contribution in [0.15, 0.2) is 0 Å². The monoisotopic (exact) mass is 245 g/mol. The molecule has 0 aliphatic heterocycles. The molecule has 0 aromatic carbocycles. The van der Waals surface area contributed by atoms with E-state index >= 15 is 0 Å². The van der Waals surface area contributed by atoms with Gasteiger partial charge in [-0.1, -0.05) is 6.92 Å². The first kappa shape index (κ1) is 16.8. The fourth-order valence-electron chi connectivity index (χ4n) is 2.10. The molecule has 0 bridgehead atoms. The highest BCUT2D eigenvalue weighted by molar-refractivity contribution is 4.78. The molecule has 0 radical (unpaired) electrons. The number of aliphatic hydroxyl groups excluding tert-OH is 1. The molecule has 0 heterocycles. The van der Waals surface area contributed by atoms with Crippen LogP contribution >= 0.6 is 0 Å². The van der Waals surface area contributed by atoms with Crippen molar-refractivity contribution >= 4 is 0 Å². The molecular weight excluding hydrogens is 214 g/mol. The maximum atomic E-state index is 9.10. The summed E-state index contributed by atoms with van der Waals surface area (Å²) < 4.78 is 0. The summed E-state index contributed by atoms with van der Waals surface area (Å²) in [5.41, 5.74) is 5.50. The fourth-order valence-corrected chi connectivity index (χ4v) is 2.10. The molecule has 17 heavy (non-hydrogen) atoms. The first-order valence-electron chi connectivity index (χ1n) is 6.61. The van der Waals surface area contributed by atoms with Crippen molar-refractivity contribution in [2.75, 3.05) is 40.3 Å². The smallest absolute Gasteiger partial charge is 0.0608 e. The van der Waals surface area contributed by atoms with Gasteiger partial charge in [0, 0.05) is 18.1 Å². The summed E-state index contributed by atoms with van der Waals surface area (Å²) in [6.45, 7) is 9.62. The van der Waals surface area contributed by atoms with Gasteiger partial charge in [-0.3, -0.25) is 4.90 Å². The lowest BCUT2D eigenvalue weighted by Gasteiger charge is -2.31. The quantitative estimate of drug-likeness (QED) is 0.629. The largest absolute Gasteiger partial charge is 0.394 e. The number of nitrogens with zero attached hydrogens (tertiary/aromatic N) is 2. The van der Waals surface area contributed by atoms with Crippen LogP contribution in [0.3, 0.4) is 0 Å². The summed E-state index contributed by atoms with van der Waals surface area (Å²) in [5.74, 6) is 0. The van der Waals surface area contributed by atoms with Gasteiger partial charge in [-0.15, -0.1) is 0 Å². The van der Waals surface area contributed by atoms with Crippen LogP contribution in [0.2, 0.25) is 0 Å². The van der Waals surface area contributed by atoms with Crippen LogP contribution in [-0.2, 0) is 0 Å². The molecule has 2 unspecified atom stereocenters. The van der Waals surface area contributed by atoms with Gasteiger partial charge >= 0.3 is 0 Å². The Morgan fingerprint density at radius 2 is 1.94 bits per heavy atom. The lowest BCUT2D eigenvalue weighted by Crippen LogP contribution is -2.43. The Morgan fingerprint density at radius 3 is 2.35 bits per heavy atom. The van der Waals surface area contributed by atoms with Crippen molar-refractivity contribution in [3.05, 3.63) is 0 Å².